The molecule has 1 heterocycles. The van der Waals surface area contributed by atoms with Crippen molar-refractivity contribution in [1.82, 2.24) is 4.90 Å². The monoisotopic (exact) mass is 364 g/mol. The van der Waals surface area contributed by atoms with Crippen LogP contribution in [0.5, 0.6) is 0 Å². The summed E-state index contributed by atoms with van der Waals surface area (Å²) in [5, 5.41) is -0.290. The largest absolute Gasteiger partial charge is 0.370 e. The molecule has 0 spiro atoms. The minimum absolute atomic E-state index is 0.114. The Hall–Kier alpha value is -1.89. The predicted octanol–water partition coefficient (Wildman–Crippen LogP) is 1.74. The molecule has 2 aliphatic rings. The summed E-state index contributed by atoms with van der Waals surface area (Å²) in [7, 11) is -3.30. The van der Waals surface area contributed by atoms with E-state index in [1.54, 1.807) is 17.0 Å². The van der Waals surface area contributed by atoms with E-state index in [1.807, 2.05) is 0 Å². The van der Waals surface area contributed by atoms with Gasteiger partial charge in [0, 0.05) is 25.1 Å². The van der Waals surface area contributed by atoms with Crippen LogP contribution in [0.15, 0.2) is 29.2 Å². The van der Waals surface area contributed by atoms with Gasteiger partial charge >= 0.3 is 0 Å². The molecule has 1 unspecified atom stereocenters. The first-order valence-corrected chi connectivity index (χ1v) is 10.3. The highest BCUT2D eigenvalue weighted by Crippen LogP contribution is 2.30. The maximum Gasteiger partial charge on any atom is 0.253 e. The topological polar surface area (TPSA) is 97.5 Å². The van der Waals surface area contributed by atoms with E-state index < -0.39 is 9.84 Å². The van der Waals surface area contributed by atoms with Crippen LogP contribution in [0.2, 0.25) is 0 Å². The van der Waals surface area contributed by atoms with Crippen molar-refractivity contribution >= 4 is 21.7 Å². The molecule has 7 heteroatoms. The molecule has 1 aromatic rings. The second-order valence-corrected chi connectivity index (χ2v) is 9.28. The third-order valence-electron chi connectivity index (χ3n) is 5.23. The van der Waals surface area contributed by atoms with Crippen molar-refractivity contribution < 1.29 is 18.0 Å². The van der Waals surface area contributed by atoms with E-state index in [0.29, 0.717) is 30.0 Å². The third-order valence-corrected chi connectivity index (χ3v) is 7.51. The lowest BCUT2D eigenvalue weighted by atomic mass is 10.1. The van der Waals surface area contributed by atoms with Crippen LogP contribution in [-0.2, 0) is 14.6 Å². The lowest BCUT2D eigenvalue weighted by molar-refractivity contribution is -0.118. The number of carbonyl (C=O) groups is 2. The number of primary amides is 1. The molecule has 0 aromatic heterocycles. The second-order valence-electron chi connectivity index (χ2n) is 7.05. The molecule has 1 atom stereocenters. The molecular weight excluding hydrogens is 340 g/mol. The average Bonchev–Trinajstić information content (AvgIpc) is 3.25. The van der Waals surface area contributed by atoms with Gasteiger partial charge in [-0.1, -0.05) is 12.8 Å². The first-order valence-electron chi connectivity index (χ1n) is 8.79. The zero-order valence-corrected chi connectivity index (χ0v) is 15.0. The van der Waals surface area contributed by atoms with Crippen molar-refractivity contribution in [2.75, 3.05) is 13.1 Å². The number of hydrogen-bond acceptors (Lipinski definition) is 4. The van der Waals surface area contributed by atoms with Crippen LogP contribution in [0, 0.1) is 5.92 Å². The normalized spacial score (nSPS) is 21.6. The Morgan fingerprint density at radius 3 is 2.32 bits per heavy atom. The van der Waals surface area contributed by atoms with Gasteiger partial charge < -0.3 is 10.6 Å². The fourth-order valence-corrected chi connectivity index (χ4v) is 5.68. The van der Waals surface area contributed by atoms with Crippen LogP contribution in [0.3, 0.4) is 0 Å². The van der Waals surface area contributed by atoms with Crippen molar-refractivity contribution in [1.29, 1.82) is 0 Å². The molecule has 0 radical (unpaired) electrons. The molecule has 1 aliphatic heterocycles. The van der Waals surface area contributed by atoms with Gasteiger partial charge in [-0.15, -0.1) is 0 Å². The molecule has 1 aromatic carbocycles. The summed E-state index contributed by atoms with van der Waals surface area (Å²) in [4.78, 5) is 25.6. The highest BCUT2D eigenvalue weighted by molar-refractivity contribution is 7.92. The number of sulfone groups is 1. The summed E-state index contributed by atoms with van der Waals surface area (Å²) in [5.74, 6) is -0.360. The highest BCUT2D eigenvalue weighted by atomic mass is 32.2. The quantitative estimate of drug-likeness (QED) is 0.860. The molecule has 136 valence electrons. The number of benzene rings is 1. The molecule has 1 saturated carbocycles. The van der Waals surface area contributed by atoms with Gasteiger partial charge in [-0.05, 0) is 49.4 Å². The Morgan fingerprint density at radius 2 is 1.72 bits per heavy atom. The minimum Gasteiger partial charge on any atom is -0.370 e. The van der Waals surface area contributed by atoms with Gasteiger partial charge in [0.1, 0.15) is 0 Å². The van der Waals surface area contributed by atoms with Gasteiger partial charge in [0.25, 0.3) is 5.91 Å². The molecule has 2 amide bonds. The summed E-state index contributed by atoms with van der Waals surface area (Å²) in [6, 6.07) is 6.26. The van der Waals surface area contributed by atoms with E-state index >= 15 is 0 Å². The van der Waals surface area contributed by atoms with Gasteiger partial charge in [-0.3, -0.25) is 9.59 Å². The zero-order chi connectivity index (χ0) is 18.0. The molecule has 1 saturated heterocycles. The molecule has 2 N–H and O–H groups in total. The Kier molecular flexibility index (Phi) is 5.13. The molecular formula is C18H24N2O4S. The first-order chi connectivity index (χ1) is 11.9. The van der Waals surface area contributed by atoms with Crippen LogP contribution in [0.25, 0.3) is 0 Å². The van der Waals surface area contributed by atoms with E-state index in [9.17, 15) is 18.0 Å². The van der Waals surface area contributed by atoms with Crippen LogP contribution in [-0.4, -0.2) is 43.5 Å². The van der Waals surface area contributed by atoms with Crippen LogP contribution >= 0.6 is 0 Å². The van der Waals surface area contributed by atoms with E-state index in [0.717, 1.165) is 32.1 Å². The maximum atomic E-state index is 12.6. The fourth-order valence-electron chi connectivity index (χ4n) is 3.83. The van der Waals surface area contributed by atoms with Crippen molar-refractivity contribution in [3.63, 3.8) is 0 Å². The van der Waals surface area contributed by atoms with Crippen LogP contribution in [0.1, 0.15) is 48.9 Å². The highest BCUT2D eigenvalue weighted by Gasteiger charge is 2.31. The first kappa shape index (κ1) is 17.9. The number of amides is 2. The standard InChI is InChI=1S/C18H24N2O4S/c19-17(21)11-13-9-10-20(12-13)18(22)14-5-7-16(8-6-14)25(23,24)15-3-1-2-4-15/h5-8,13,15H,1-4,9-12H2,(H2,19,21). The molecule has 2 fully saturated rings. The lowest BCUT2D eigenvalue weighted by Crippen LogP contribution is -2.29. The van der Waals surface area contributed by atoms with Crippen molar-refractivity contribution in [2.24, 2.45) is 11.7 Å². The lowest BCUT2D eigenvalue weighted by Gasteiger charge is -2.17. The van der Waals surface area contributed by atoms with Crippen LogP contribution in [0.4, 0.5) is 0 Å². The summed E-state index contributed by atoms with van der Waals surface area (Å²) in [6.07, 6.45) is 4.42. The van der Waals surface area contributed by atoms with Gasteiger partial charge in [0.05, 0.1) is 10.1 Å². The summed E-state index contributed by atoms with van der Waals surface area (Å²) in [6.45, 7) is 1.11. The van der Waals surface area contributed by atoms with E-state index in [1.165, 1.54) is 12.1 Å². The Labute approximate surface area is 148 Å². The molecule has 0 bridgehead atoms. The minimum atomic E-state index is -3.30. The molecule has 1 aliphatic carbocycles. The number of nitrogens with two attached hydrogens (primary N) is 1. The van der Waals surface area contributed by atoms with Crippen LogP contribution < -0.4 is 5.73 Å². The van der Waals surface area contributed by atoms with Gasteiger partial charge in [-0.2, -0.15) is 0 Å². The van der Waals surface area contributed by atoms with Crippen molar-refractivity contribution in [3.8, 4) is 0 Å². The van der Waals surface area contributed by atoms with Crippen molar-refractivity contribution in [2.45, 2.75) is 48.7 Å². The maximum absolute atomic E-state index is 12.6. The number of nitrogens with zero attached hydrogens (tertiary/aromatic N) is 1. The second kappa shape index (κ2) is 7.15. The van der Waals surface area contributed by atoms with Gasteiger partial charge in [0.2, 0.25) is 5.91 Å². The van der Waals surface area contributed by atoms with E-state index in [4.69, 9.17) is 5.73 Å². The number of likely N-dealkylation sites (tertiary alicyclic amines) is 1. The number of carbonyl (C=O) groups excluding carboxylic acids is 2. The third kappa shape index (κ3) is 3.86. The van der Waals surface area contributed by atoms with Crippen molar-refractivity contribution in [3.05, 3.63) is 29.8 Å². The molecule has 25 heavy (non-hydrogen) atoms. The summed E-state index contributed by atoms with van der Waals surface area (Å²) < 4.78 is 25.2. The Morgan fingerprint density at radius 1 is 1.08 bits per heavy atom. The average molecular weight is 364 g/mol. The van der Waals surface area contributed by atoms with E-state index in [2.05, 4.69) is 0 Å². The Balaban J connectivity index is 1.68. The zero-order valence-electron chi connectivity index (χ0n) is 14.2. The SMILES string of the molecule is NC(=O)CC1CCN(C(=O)c2ccc(S(=O)(=O)C3CCCC3)cc2)C1. The Bertz CT molecular complexity index is 752. The number of hydrogen-bond donors (Lipinski definition) is 1. The fraction of sp³-hybridized carbons (Fsp3) is 0.556. The molecule has 3 rings (SSSR count). The summed E-state index contributed by atoms with van der Waals surface area (Å²) >= 11 is 0. The van der Waals surface area contributed by atoms with Gasteiger partial charge in [0.15, 0.2) is 9.84 Å². The number of rotatable bonds is 5. The smallest absolute Gasteiger partial charge is 0.253 e. The summed E-state index contributed by atoms with van der Waals surface area (Å²) in [5.41, 5.74) is 5.69. The molecule has 6 nitrogen and oxygen atoms in total. The predicted molar refractivity (Wildman–Crippen MR) is 93.7 cm³/mol. The van der Waals surface area contributed by atoms with E-state index in [-0.39, 0.29) is 23.0 Å². The van der Waals surface area contributed by atoms with Gasteiger partial charge in [-0.25, -0.2) is 8.42 Å².